The second-order valence-corrected chi connectivity index (χ2v) is 10.6. The molecule has 2 saturated carbocycles. The largest absolute Gasteiger partial charge is 0.486 e. The first kappa shape index (κ1) is 20.3. The summed E-state index contributed by atoms with van der Waals surface area (Å²) in [4.78, 5) is 12.2. The first-order chi connectivity index (χ1) is 15.4. The van der Waals surface area contributed by atoms with Crippen LogP contribution in [0.1, 0.15) is 63.4 Å². The van der Waals surface area contributed by atoms with Crippen LogP contribution in [0.25, 0.3) is 0 Å². The molecule has 0 unspecified atom stereocenters. The van der Waals surface area contributed by atoms with E-state index in [4.69, 9.17) is 9.47 Å². The van der Waals surface area contributed by atoms with Crippen molar-refractivity contribution in [2.45, 2.75) is 63.4 Å². The molecule has 168 valence electrons. The van der Waals surface area contributed by atoms with Gasteiger partial charge in [0.05, 0.1) is 5.60 Å². The van der Waals surface area contributed by atoms with E-state index in [-0.39, 0.29) is 17.1 Å². The van der Waals surface area contributed by atoms with Gasteiger partial charge in [0, 0.05) is 17.8 Å². The lowest BCUT2D eigenvalue weighted by molar-refractivity contribution is -0.114. The summed E-state index contributed by atoms with van der Waals surface area (Å²) in [6, 6.07) is 6.37. The number of hydrogen-bond acceptors (Lipinski definition) is 4. The molecule has 0 saturated heterocycles. The van der Waals surface area contributed by atoms with Gasteiger partial charge in [-0.1, -0.05) is 24.6 Å². The Morgan fingerprint density at radius 2 is 1.94 bits per heavy atom. The molecule has 1 aromatic rings. The lowest BCUT2D eigenvalue weighted by atomic mass is 9.51. The zero-order chi connectivity index (χ0) is 22.1. The Labute approximate surface area is 190 Å². The Balaban J connectivity index is 1.53. The molecule has 5 atom stereocenters. The van der Waals surface area contributed by atoms with E-state index in [1.54, 1.807) is 6.08 Å². The van der Waals surface area contributed by atoms with Crippen LogP contribution in [0, 0.1) is 17.3 Å². The molecule has 32 heavy (non-hydrogen) atoms. The summed E-state index contributed by atoms with van der Waals surface area (Å²) in [7, 11) is 0. The fraction of sp³-hybridized carbons (Fsp3) is 0.536. The van der Waals surface area contributed by atoms with Crippen molar-refractivity contribution in [3.8, 4) is 11.5 Å². The smallest absolute Gasteiger partial charge is 0.161 e. The van der Waals surface area contributed by atoms with Gasteiger partial charge in [0.25, 0.3) is 0 Å². The third kappa shape index (κ3) is 2.75. The molecule has 0 spiro atoms. The number of aliphatic hydroxyl groups is 1. The van der Waals surface area contributed by atoms with Gasteiger partial charge in [-0.05, 0) is 85.3 Å². The Morgan fingerprint density at radius 1 is 1.12 bits per heavy atom. The zero-order valence-electron chi connectivity index (χ0n) is 18.9. The van der Waals surface area contributed by atoms with E-state index in [2.05, 4.69) is 25.6 Å². The minimum absolute atomic E-state index is 0.202. The standard InChI is InChI=1S/C28H32O4/c1-3-28(30)11-10-23-21-7-4-17-14-19(29)6-8-20(17)26(21)22(16-27(23,28)2)18-5-9-24-25(15-18)32-13-12-31-24/h3,5,9,14-15,21-23,30H,1,4,6-8,10-13,16H2,2H3/t21-,22+,23-,27-,28-/m0/s1. The van der Waals surface area contributed by atoms with Crippen LogP contribution in [0.15, 0.2) is 53.6 Å². The van der Waals surface area contributed by atoms with Gasteiger partial charge in [-0.3, -0.25) is 4.79 Å². The number of hydrogen-bond donors (Lipinski definition) is 1. The van der Waals surface area contributed by atoms with Crippen LogP contribution in [0.5, 0.6) is 11.5 Å². The van der Waals surface area contributed by atoms with Crippen molar-refractivity contribution in [2.24, 2.45) is 17.3 Å². The highest BCUT2D eigenvalue weighted by Gasteiger charge is 2.61. The van der Waals surface area contributed by atoms with Crippen molar-refractivity contribution in [1.82, 2.24) is 0 Å². The van der Waals surface area contributed by atoms with E-state index in [9.17, 15) is 9.90 Å². The highest BCUT2D eigenvalue weighted by Crippen LogP contribution is 2.67. The number of ketones is 1. The number of benzene rings is 1. The summed E-state index contributed by atoms with van der Waals surface area (Å²) in [5.74, 6) is 2.99. The molecule has 6 rings (SSSR count). The van der Waals surface area contributed by atoms with Crippen LogP contribution in [-0.4, -0.2) is 29.7 Å². The Morgan fingerprint density at radius 3 is 2.75 bits per heavy atom. The molecule has 0 aromatic heterocycles. The normalized spacial score (nSPS) is 37.9. The van der Waals surface area contributed by atoms with Crippen LogP contribution in [0.2, 0.25) is 0 Å². The maximum absolute atomic E-state index is 12.2. The number of rotatable bonds is 2. The molecule has 1 heterocycles. The van der Waals surface area contributed by atoms with Gasteiger partial charge < -0.3 is 14.6 Å². The van der Waals surface area contributed by atoms with Crippen LogP contribution in [0.3, 0.4) is 0 Å². The quantitative estimate of drug-likeness (QED) is 0.647. The molecule has 0 radical (unpaired) electrons. The fourth-order valence-corrected chi connectivity index (χ4v) is 7.61. The Hall–Kier alpha value is -2.33. The molecule has 5 aliphatic rings. The average Bonchev–Trinajstić information content (AvgIpc) is 3.08. The van der Waals surface area contributed by atoms with E-state index >= 15 is 0 Å². The predicted molar refractivity (Wildman–Crippen MR) is 123 cm³/mol. The second-order valence-electron chi connectivity index (χ2n) is 10.6. The highest BCUT2D eigenvalue weighted by atomic mass is 16.6. The molecule has 1 aromatic carbocycles. The average molecular weight is 433 g/mol. The minimum Gasteiger partial charge on any atom is -0.486 e. The predicted octanol–water partition coefficient (Wildman–Crippen LogP) is 5.27. The van der Waals surface area contributed by atoms with E-state index < -0.39 is 5.60 Å². The summed E-state index contributed by atoms with van der Waals surface area (Å²) in [5, 5.41) is 11.6. The van der Waals surface area contributed by atoms with Gasteiger partial charge in [-0.25, -0.2) is 0 Å². The molecule has 4 heteroatoms. The lowest BCUT2D eigenvalue weighted by Gasteiger charge is -2.54. The van der Waals surface area contributed by atoms with Crippen LogP contribution >= 0.6 is 0 Å². The Bertz CT molecular complexity index is 1070. The van der Waals surface area contributed by atoms with Crippen molar-refractivity contribution in [2.75, 3.05) is 13.2 Å². The molecule has 1 aliphatic heterocycles. The third-order valence-electron chi connectivity index (χ3n) is 9.26. The van der Waals surface area contributed by atoms with Gasteiger partial charge in [-0.15, -0.1) is 6.58 Å². The SMILES string of the molecule is C=C[C@]1(O)CC[C@H]2[C@@H]3CCC4=CC(=O)CCC4=C3[C@@H](c3ccc4c(c3)OCCO4)C[C@@]21C. The first-order valence-corrected chi connectivity index (χ1v) is 12.2. The van der Waals surface area contributed by atoms with Gasteiger partial charge in [0.15, 0.2) is 17.3 Å². The summed E-state index contributed by atoms with van der Waals surface area (Å²) in [6.45, 7) is 7.48. The maximum Gasteiger partial charge on any atom is 0.161 e. The molecular formula is C28H32O4. The monoisotopic (exact) mass is 432 g/mol. The molecule has 0 bridgehead atoms. The number of carbonyl (C=O) groups excluding carboxylic acids is 1. The summed E-state index contributed by atoms with van der Waals surface area (Å²) in [5.41, 5.74) is 4.40. The second kappa shape index (κ2) is 7.08. The van der Waals surface area contributed by atoms with Gasteiger partial charge in [-0.2, -0.15) is 0 Å². The lowest BCUT2D eigenvalue weighted by Crippen LogP contribution is -2.50. The van der Waals surface area contributed by atoms with E-state index in [0.29, 0.717) is 31.5 Å². The van der Waals surface area contributed by atoms with Gasteiger partial charge in [0.2, 0.25) is 0 Å². The molecular weight excluding hydrogens is 400 g/mol. The highest BCUT2D eigenvalue weighted by molar-refractivity contribution is 5.93. The Kier molecular flexibility index (Phi) is 4.49. The summed E-state index contributed by atoms with van der Waals surface area (Å²) in [6.07, 6.45) is 9.92. The number of ether oxygens (including phenoxy) is 2. The molecule has 1 N–H and O–H groups in total. The van der Waals surface area contributed by atoms with E-state index in [1.807, 2.05) is 12.1 Å². The first-order valence-electron chi connectivity index (χ1n) is 12.2. The topological polar surface area (TPSA) is 55.8 Å². The van der Waals surface area contributed by atoms with Gasteiger partial charge >= 0.3 is 0 Å². The van der Waals surface area contributed by atoms with E-state index in [1.165, 1.54) is 22.3 Å². The summed E-state index contributed by atoms with van der Waals surface area (Å²) >= 11 is 0. The molecule has 4 nitrogen and oxygen atoms in total. The molecule has 2 fully saturated rings. The molecule has 4 aliphatic carbocycles. The maximum atomic E-state index is 12.2. The van der Waals surface area contributed by atoms with Crippen LogP contribution in [0.4, 0.5) is 0 Å². The third-order valence-corrected chi connectivity index (χ3v) is 9.26. The zero-order valence-corrected chi connectivity index (χ0v) is 18.9. The minimum atomic E-state index is -0.835. The van der Waals surface area contributed by atoms with Crippen molar-refractivity contribution >= 4 is 5.78 Å². The van der Waals surface area contributed by atoms with Crippen LogP contribution in [-0.2, 0) is 4.79 Å². The van der Waals surface area contributed by atoms with Crippen molar-refractivity contribution in [3.63, 3.8) is 0 Å². The fourth-order valence-electron chi connectivity index (χ4n) is 7.61. The number of carbonyl (C=O) groups is 1. The summed E-state index contributed by atoms with van der Waals surface area (Å²) < 4.78 is 11.7. The molecule has 0 amide bonds. The van der Waals surface area contributed by atoms with Crippen molar-refractivity contribution in [1.29, 1.82) is 0 Å². The van der Waals surface area contributed by atoms with E-state index in [0.717, 1.165) is 50.0 Å². The van der Waals surface area contributed by atoms with Gasteiger partial charge in [0.1, 0.15) is 13.2 Å². The van der Waals surface area contributed by atoms with Crippen molar-refractivity contribution < 1.29 is 19.4 Å². The van der Waals surface area contributed by atoms with Crippen molar-refractivity contribution in [3.05, 3.63) is 59.2 Å². The number of allylic oxidation sites excluding steroid dienone is 4. The number of fused-ring (bicyclic) bond motifs is 5. The van der Waals surface area contributed by atoms with Crippen LogP contribution < -0.4 is 9.47 Å².